The monoisotopic (exact) mass is 254 g/mol. The summed E-state index contributed by atoms with van der Waals surface area (Å²) in [6.45, 7) is 5.19. The Morgan fingerprint density at radius 1 is 1.65 bits per heavy atom. The fourth-order valence-electron chi connectivity index (χ4n) is 1.21. The molecule has 5 heteroatoms. The zero-order chi connectivity index (χ0) is 12.8. The van der Waals surface area contributed by atoms with Crippen molar-refractivity contribution < 1.29 is 14.3 Å². The van der Waals surface area contributed by atoms with Crippen molar-refractivity contribution in [1.29, 1.82) is 0 Å². The molecule has 17 heavy (non-hydrogen) atoms. The quantitative estimate of drug-likeness (QED) is 0.366. The molecule has 1 heterocycles. The van der Waals surface area contributed by atoms with Crippen molar-refractivity contribution in [3.05, 3.63) is 34.7 Å². The maximum absolute atomic E-state index is 11.5. The number of hydrogen-bond donors (Lipinski definition) is 1. The van der Waals surface area contributed by atoms with Crippen LogP contribution in [0.3, 0.4) is 0 Å². The molecule has 0 aromatic carbocycles. The first-order valence-corrected chi connectivity index (χ1v) is 6.22. The van der Waals surface area contributed by atoms with Crippen LogP contribution in [-0.2, 0) is 0 Å². The second-order valence-electron chi connectivity index (χ2n) is 3.32. The lowest BCUT2D eigenvalue weighted by Crippen LogP contribution is -2.13. The van der Waals surface area contributed by atoms with E-state index in [1.807, 2.05) is 0 Å². The smallest absolute Gasteiger partial charge is 0.351 e. The summed E-state index contributed by atoms with van der Waals surface area (Å²) in [7, 11) is 0. The van der Waals surface area contributed by atoms with Gasteiger partial charge in [-0.15, -0.1) is 6.58 Å². The topological polar surface area (TPSA) is 67.5 Å². The summed E-state index contributed by atoms with van der Waals surface area (Å²) in [5.74, 6) is -0.0273. The predicted octanol–water partition coefficient (Wildman–Crippen LogP) is 2.61. The van der Waals surface area contributed by atoms with Crippen LogP contribution in [0.1, 0.15) is 30.1 Å². The molecule has 92 valence electrons. The van der Waals surface area contributed by atoms with Gasteiger partial charge in [0.15, 0.2) is 10.9 Å². The van der Waals surface area contributed by atoms with Gasteiger partial charge in [-0.3, -0.25) is 4.79 Å². The summed E-state index contributed by atoms with van der Waals surface area (Å²) in [6.07, 6.45) is 2.67. The van der Waals surface area contributed by atoms with Crippen LogP contribution < -0.4 is 5.63 Å². The summed E-state index contributed by atoms with van der Waals surface area (Å²) < 4.78 is 4.95. The number of hydrogen-bond acceptors (Lipinski definition) is 5. The van der Waals surface area contributed by atoms with E-state index in [2.05, 4.69) is 6.58 Å². The van der Waals surface area contributed by atoms with E-state index >= 15 is 0 Å². The van der Waals surface area contributed by atoms with Gasteiger partial charge in [-0.05, 0) is 6.42 Å². The molecule has 0 fully saturated rings. The first-order valence-electron chi connectivity index (χ1n) is 5.24. The molecule has 0 amide bonds. The van der Waals surface area contributed by atoms with Crippen LogP contribution in [-0.4, -0.2) is 16.6 Å². The zero-order valence-electron chi connectivity index (χ0n) is 9.56. The summed E-state index contributed by atoms with van der Waals surface area (Å²) in [5.41, 5.74) is -1.04. The standard InChI is InChI=1S/C12H14O4S/c1-3-5-6-17-10-7-9(14)11(8(13)4-2)12(15)16-10/h3,7,14H,1,4-6H2,2H3. The van der Waals surface area contributed by atoms with Gasteiger partial charge in [0, 0.05) is 18.2 Å². The maximum atomic E-state index is 11.5. The van der Waals surface area contributed by atoms with E-state index in [-0.39, 0.29) is 17.7 Å². The number of ketones is 1. The van der Waals surface area contributed by atoms with Crippen LogP contribution in [0.15, 0.2) is 33.0 Å². The second-order valence-corrected chi connectivity index (χ2v) is 4.41. The van der Waals surface area contributed by atoms with Gasteiger partial charge in [0.1, 0.15) is 11.3 Å². The fourth-order valence-corrected chi connectivity index (χ4v) is 2.02. The number of rotatable bonds is 6. The van der Waals surface area contributed by atoms with Crippen molar-refractivity contribution in [3.63, 3.8) is 0 Å². The summed E-state index contributed by atoms with van der Waals surface area (Å²) >= 11 is 1.29. The largest absolute Gasteiger partial charge is 0.507 e. The molecule has 4 nitrogen and oxygen atoms in total. The third-order valence-corrected chi connectivity index (χ3v) is 3.00. The minimum Gasteiger partial charge on any atom is -0.507 e. The zero-order valence-corrected chi connectivity index (χ0v) is 10.4. The molecule has 0 aliphatic carbocycles. The Morgan fingerprint density at radius 3 is 2.88 bits per heavy atom. The molecule has 0 bridgehead atoms. The van der Waals surface area contributed by atoms with Gasteiger partial charge in [0.05, 0.1) is 0 Å². The molecule has 1 aromatic heterocycles. The summed E-state index contributed by atoms with van der Waals surface area (Å²) in [4.78, 5) is 22.9. The van der Waals surface area contributed by atoms with Crippen LogP contribution in [0.5, 0.6) is 5.75 Å². The Balaban J connectivity index is 2.97. The van der Waals surface area contributed by atoms with Gasteiger partial charge < -0.3 is 9.52 Å². The Hall–Kier alpha value is -1.49. The SMILES string of the molecule is C=CCCSc1cc(O)c(C(=O)CC)c(=O)o1. The minimum atomic E-state index is -0.780. The Morgan fingerprint density at radius 2 is 2.35 bits per heavy atom. The molecule has 0 saturated heterocycles. The first kappa shape index (κ1) is 13.6. The molecule has 0 saturated carbocycles. The van der Waals surface area contributed by atoms with Crippen molar-refractivity contribution in [2.24, 2.45) is 0 Å². The minimum absolute atomic E-state index is 0.154. The van der Waals surface area contributed by atoms with Gasteiger partial charge in [-0.1, -0.05) is 24.8 Å². The number of allylic oxidation sites excluding steroid dienone is 1. The fraction of sp³-hybridized carbons (Fsp3) is 0.333. The third kappa shape index (κ3) is 3.49. The van der Waals surface area contributed by atoms with E-state index in [9.17, 15) is 14.7 Å². The molecule has 0 atom stereocenters. The number of aromatic hydroxyl groups is 1. The predicted molar refractivity (Wildman–Crippen MR) is 66.8 cm³/mol. The van der Waals surface area contributed by atoms with Crippen molar-refractivity contribution in [2.75, 3.05) is 5.75 Å². The lowest BCUT2D eigenvalue weighted by molar-refractivity contribution is 0.0980. The molecule has 0 aliphatic heterocycles. The van der Waals surface area contributed by atoms with Crippen molar-refractivity contribution in [2.45, 2.75) is 24.9 Å². The number of carbonyl (C=O) groups is 1. The lowest BCUT2D eigenvalue weighted by Gasteiger charge is -2.03. The van der Waals surface area contributed by atoms with Crippen molar-refractivity contribution in [1.82, 2.24) is 0 Å². The Labute approximate surface area is 103 Å². The summed E-state index contributed by atoms with van der Waals surface area (Å²) in [6, 6.07) is 1.30. The van der Waals surface area contributed by atoms with Gasteiger partial charge in [-0.2, -0.15) is 0 Å². The van der Waals surface area contributed by atoms with Gasteiger partial charge >= 0.3 is 5.63 Å². The molecule has 1 N–H and O–H groups in total. The average molecular weight is 254 g/mol. The van der Waals surface area contributed by atoms with Crippen LogP contribution in [0.25, 0.3) is 0 Å². The van der Waals surface area contributed by atoms with Crippen LogP contribution in [0.2, 0.25) is 0 Å². The highest BCUT2D eigenvalue weighted by molar-refractivity contribution is 7.99. The molecule has 0 radical (unpaired) electrons. The summed E-state index contributed by atoms with van der Waals surface area (Å²) in [5, 5.41) is 9.92. The van der Waals surface area contributed by atoms with E-state index < -0.39 is 11.4 Å². The van der Waals surface area contributed by atoms with E-state index in [1.54, 1.807) is 13.0 Å². The number of thioether (sulfide) groups is 1. The molecule has 1 aromatic rings. The molecular formula is C12H14O4S. The molecule has 0 aliphatic rings. The van der Waals surface area contributed by atoms with Crippen molar-refractivity contribution in [3.8, 4) is 5.75 Å². The number of Topliss-reactive ketones (excluding diaryl/α,β-unsaturated/α-hetero) is 1. The van der Waals surface area contributed by atoms with Crippen LogP contribution >= 0.6 is 11.8 Å². The second kappa shape index (κ2) is 6.30. The van der Waals surface area contributed by atoms with Crippen LogP contribution in [0, 0.1) is 0 Å². The third-order valence-electron chi connectivity index (χ3n) is 2.07. The Kier molecular flexibility index (Phi) is 5.03. The highest BCUT2D eigenvalue weighted by Crippen LogP contribution is 2.24. The molecule has 0 unspecified atom stereocenters. The Bertz CT molecular complexity index is 476. The van der Waals surface area contributed by atoms with Crippen molar-refractivity contribution >= 4 is 17.5 Å². The van der Waals surface area contributed by atoms with Crippen LogP contribution in [0.4, 0.5) is 0 Å². The van der Waals surface area contributed by atoms with Gasteiger partial charge in [0.2, 0.25) is 0 Å². The van der Waals surface area contributed by atoms with E-state index in [4.69, 9.17) is 4.42 Å². The van der Waals surface area contributed by atoms with Gasteiger partial charge in [0.25, 0.3) is 0 Å². The highest BCUT2D eigenvalue weighted by atomic mass is 32.2. The molecular weight excluding hydrogens is 240 g/mol. The number of carbonyl (C=O) groups excluding carboxylic acids is 1. The highest BCUT2D eigenvalue weighted by Gasteiger charge is 2.17. The first-order chi connectivity index (χ1) is 8.10. The lowest BCUT2D eigenvalue weighted by atomic mass is 10.1. The maximum Gasteiger partial charge on any atom is 0.351 e. The van der Waals surface area contributed by atoms with E-state index in [1.165, 1.54) is 17.8 Å². The average Bonchev–Trinajstić information content (AvgIpc) is 2.28. The van der Waals surface area contributed by atoms with Gasteiger partial charge in [-0.25, -0.2) is 4.79 Å². The normalized spacial score (nSPS) is 10.2. The molecule has 1 rings (SSSR count). The van der Waals surface area contributed by atoms with E-state index in [0.717, 1.165) is 6.42 Å². The molecule has 0 spiro atoms. The van der Waals surface area contributed by atoms with E-state index in [0.29, 0.717) is 10.8 Å².